The first kappa shape index (κ1) is 15.0. The highest BCUT2D eigenvalue weighted by Gasteiger charge is 2.27. The second kappa shape index (κ2) is 6.88. The Kier molecular flexibility index (Phi) is 5.17. The fourth-order valence-electron chi connectivity index (χ4n) is 2.98. The van der Waals surface area contributed by atoms with Gasteiger partial charge in [0.1, 0.15) is 0 Å². The molecule has 5 nitrogen and oxygen atoms in total. The van der Waals surface area contributed by atoms with Gasteiger partial charge < -0.3 is 10.6 Å². The summed E-state index contributed by atoms with van der Waals surface area (Å²) in [5, 5.41) is 10.6. The molecule has 1 aliphatic rings. The molecule has 112 valence electrons. The molecule has 1 aromatic rings. The lowest BCUT2D eigenvalue weighted by atomic mass is 9.88. The third-order valence-electron chi connectivity index (χ3n) is 4.15. The van der Waals surface area contributed by atoms with Gasteiger partial charge in [-0.15, -0.1) is 0 Å². The molecular formula is C15H26N4O. The molecule has 20 heavy (non-hydrogen) atoms. The molecular weight excluding hydrogens is 252 g/mol. The molecule has 0 spiro atoms. The first-order chi connectivity index (χ1) is 9.67. The highest BCUT2D eigenvalue weighted by molar-refractivity contribution is 5.81. The SMILES string of the molecule is CCc1cc(CC2CCNC(C(=O)NC)C2)n(CC)n1. The summed E-state index contributed by atoms with van der Waals surface area (Å²) in [6.45, 7) is 6.10. The van der Waals surface area contributed by atoms with E-state index in [4.69, 9.17) is 0 Å². The van der Waals surface area contributed by atoms with E-state index in [9.17, 15) is 4.79 Å². The number of hydrogen-bond donors (Lipinski definition) is 2. The topological polar surface area (TPSA) is 59.0 Å². The van der Waals surface area contributed by atoms with Crippen LogP contribution >= 0.6 is 0 Å². The number of aromatic nitrogens is 2. The van der Waals surface area contributed by atoms with Gasteiger partial charge in [-0.25, -0.2) is 0 Å². The van der Waals surface area contributed by atoms with Gasteiger partial charge in [0.15, 0.2) is 0 Å². The van der Waals surface area contributed by atoms with Crippen molar-refractivity contribution in [1.29, 1.82) is 0 Å². The van der Waals surface area contributed by atoms with Crippen LogP contribution in [0.5, 0.6) is 0 Å². The quantitative estimate of drug-likeness (QED) is 0.848. The molecule has 2 atom stereocenters. The minimum absolute atomic E-state index is 0.0395. The van der Waals surface area contributed by atoms with Crippen molar-refractivity contribution in [3.63, 3.8) is 0 Å². The lowest BCUT2D eigenvalue weighted by molar-refractivity contribution is -0.123. The highest BCUT2D eigenvalue weighted by atomic mass is 16.2. The summed E-state index contributed by atoms with van der Waals surface area (Å²) >= 11 is 0. The van der Waals surface area contributed by atoms with E-state index >= 15 is 0 Å². The minimum atomic E-state index is -0.0395. The third kappa shape index (κ3) is 3.39. The fourth-order valence-corrected chi connectivity index (χ4v) is 2.98. The van der Waals surface area contributed by atoms with Crippen LogP contribution in [0.1, 0.15) is 38.1 Å². The summed E-state index contributed by atoms with van der Waals surface area (Å²) in [5.74, 6) is 0.665. The molecule has 0 bridgehead atoms. The maximum absolute atomic E-state index is 11.7. The Hall–Kier alpha value is -1.36. The first-order valence-electron chi connectivity index (χ1n) is 7.68. The fraction of sp³-hybridized carbons (Fsp3) is 0.733. The molecule has 2 unspecified atom stereocenters. The number of hydrogen-bond acceptors (Lipinski definition) is 3. The van der Waals surface area contributed by atoms with Gasteiger partial charge >= 0.3 is 0 Å². The van der Waals surface area contributed by atoms with E-state index in [0.29, 0.717) is 5.92 Å². The molecule has 1 amide bonds. The van der Waals surface area contributed by atoms with E-state index in [1.54, 1.807) is 7.05 Å². The van der Waals surface area contributed by atoms with Crippen LogP contribution in [-0.2, 0) is 24.2 Å². The number of carbonyl (C=O) groups is 1. The predicted molar refractivity (Wildman–Crippen MR) is 79.6 cm³/mol. The van der Waals surface area contributed by atoms with E-state index in [1.165, 1.54) is 11.4 Å². The molecule has 2 N–H and O–H groups in total. The lowest BCUT2D eigenvalue weighted by Crippen LogP contribution is -2.48. The number of aryl methyl sites for hydroxylation is 2. The van der Waals surface area contributed by atoms with E-state index in [2.05, 4.69) is 40.3 Å². The van der Waals surface area contributed by atoms with Crippen LogP contribution in [0.3, 0.4) is 0 Å². The van der Waals surface area contributed by atoms with E-state index in [1.807, 2.05) is 0 Å². The van der Waals surface area contributed by atoms with Gasteiger partial charge in [0, 0.05) is 19.3 Å². The van der Waals surface area contributed by atoms with Crippen LogP contribution < -0.4 is 10.6 Å². The molecule has 1 saturated heterocycles. The number of nitrogens with one attached hydrogen (secondary N) is 2. The van der Waals surface area contributed by atoms with Gasteiger partial charge in [0.25, 0.3) is 0 Å². The Labute approximate surface area is 121 Å². The van der Waals surface area contributed by atoms with Gasteiger partial charge in [0.2, 0.25) is 5.91 Å². The van der Waals surface area contributed by atoms with Gasteiger partial charge in [-0.3, -0.25) is 9.48 Å². The number of piperidine rings is 1. The van der Waals surface area contributed by atoms with Crippen molar-refractivity contribution < 1.29 is 4.79 Å². The number of rotatable bonds is 5. The predicted octanol–water partition coefficient (Wildman–Crippen LogP) is 1.12. The van der Waals surface area contributed by atoms with Crippen molar-refractivity contribution in [2.45, 2.75) is 52.1 Å². The summed E-state index contributed by atoms with van der Waals surface area (Å²) in [7, 11) is 1.70. The maximum Gasteiger partial charge on any atom is 0.236 e. The Balaban J connectivity index is 2.02. The molecule has 0 radical (unpaired) electrons. The second-order valence-corrected chi connectivity index (χ2v) is 5.51. The Morgan fingerprint density at radius 3 is 3.00 bits per heavy atom. The molecule has 0 saturated carbocycles. The minimum Gasteiger partial charge on any atom is -0.358 e. The van der Waals surface area contributed by atoms with Crippen LogP contribution in [0.4, 0.5) is 0 Å². The highest BCUT2D eigenvalue weighted by Crippen LogP contribution is 2.22. The van der Waals surface area contributed by atoms with Crippen LogP contribution in [-0.4, -0.2) is 35.3 Å². The maximum atomic E-state index is 11.7. The smallest absolute Gasteiger partial charge is 0.236 e. The zero-order valence-corrected chi connectivity index (χ0v) is 12.8. The Morgan fingerprint density at radius 2 is 2.35 bits per heavy atom. The van der Waals surface area contributed by atoms with Crippen molar-refractivity contribution in [2.75, 3.05) is 13.6 Å². The van der Waals surface area contributed by atoms with Crippen molar-refractivity contribution in [3.05, 3.63) is 17.5 Å². The van der Waals surface area contributed by atoms with Gasteiger partial charge in [-0.05, 0) is 51.1 Å². The summed E-state index contributed by atoms with van der Waals surface area (Å²) < 4.78 is 2.11. The van der Waals surface area contributed by atoms with Crippen molar-refractivity contribution in [2.24, 2.45) is 5.92 Å². The number of amides is 1. The standard InChI is InChI=1S/C15H26N4O/c1-4-12-10-13(19(5-2)18-12)8-11-6-7-17-14(9-11)15(20)16-3/h10-11,14,17H,4-9H2,1-3H3,(H,16,20). The van der Waals surface area contributed by atoms with Crippen LogP contribution in [0.2, 0.25) is 0 Å². The van der Waals surface area contributed by atoms with Crippen LogP contribution in [0.25, 0.3) is 0 Å². The monoisotopic (exact) mass is 278 g/mol. The van der Waals surface area contributed by atoms with Gasteiger partial charge in [-0.2, -0.15) is 5.10 Å². The zero-order valence-electron chi connectivity index (χ0n) is 12.8. The van der Waals surface area contributed by atoms with E-state index < -0.39 is 0 Å². The van der Waals surface area contributed by atoms with Gasteiger partial charge in [-0.1, -0.05) is 6.92 Å². The summed E-state index contributed by atoms with van der Waals surface area (Å²) in [4.78, 5) is 11.7. The Morgan fingerprint density at radius 1 is 1.55 bits per heavy atom. The largest absolute Gasteiger partial charge is 0.358 e. The molecule has 2 rings (SSSR count). The molecule has 1 fully saturated rings. The van der Waals surface area contributed by atoms with Crippen LogP contribution in [0.15, 0.2) is 6.07 Å². The zero-order chi connectivity index (χ0) is 14.5. The van der Waals surface area contributed by atoms with E-state index in [-0.39, 0.29) is 11.9 Å². The Bertz CT molecular complexity index is 455. The molecule has 1 aliphatic heterocycles. The van der Waals surface area contributed by atoms with Crippen LogP contribution in [0, 0.1) is 5.92 Å². The van der Waals surface area contributed by atoms with E-state index in [0.717, 1.165) is 38.8 Å². The average Bonchev–Trinajstić information content (AvgIpc) is 2.88. The van der Waals surface area contributed by atoms with Gasteiger partial charge in [0.05, 0.1) is 11.7 Å². The molecule has 5 heteroatoms. The van der Waals surface area contributed by atoms with Crippen molar-refractivity contribution in [3.8, 4) is 0 Å². The molecule has 0 aliphatic carbocycles. The summed E-state index contributed by atoms with van der Waals surface area (Å²) in [6.07, 6.45) is 4.04. The third-order valence-corrected chi connectivity index (χ3v) is 4.15. The summed E-state index contributed by atoms with van der Waals surface area (Å²) in [6, 6.07) is 2.18. The van der Waals surface area contributed by atoms with Crippen molar-refractivity contribution in [1.82, 2.24) is 20.4 Å². The second-order valence-electron chi connectivity index (χ2n) is 5.51. The summed E-state index contributed by atoms with van der Waals surface area (Å²) in [5.41, 5.74) is 2.48. The molecule has 2 heterocycles. The lowest BCUT2D eigenvalue weighted by Gasteiger charge is -2.29. The number of likely N-dealkylation sites (N-methyl/N-ethyl adjacent to an activating group) is 1. The molecule has 1 aromatic heterocycles. The van der Waals surface area contributed by atoms with Crippen molar-refractivity contribution >= 4 is 5.91 Å². The normalized spacial score (nSPS) is 22.8. The number of carbonyl (C=O) groups excluding carboxylic acids is 1. The number of nitrogens with zero attached hydrogens (tertiary/aromatic N) is 2. The first-order valence-corrected chi connectivity index (χ1v) is 7.68. The average molecular weight is 278 g/mol. The molecule has 0 aromatic carbocycles.